The minimum atomic E-state index is -1.28. The van der Waals surface area contributed by atoms with Crippen LogP contribution in [0.3, 0.4) is 0 Å². The van der Waals surface area contributed by atoms with Gasteiger partial charge in [-0.05, 0) is 60.4 Å². The van der Waals surface area contributed by atoms with Crippen LogP contribution in [0.2, 0.25) is 13.1 Å². The molecule has 2 nitrogen and oxygen atoms in total. The predicted molar refractivity (Wildman–Crippen MR) is 106 cm³/mol. The number of rotatable bonds is 6. The molecule has 0 aliphatic carbocycles. The van der Waals surface area contributed by atoms with Gasteiger partial charge in [0.2, 0.25) is 9.04 Å². The van der Waals surface area contributed by atoms with Crippen molar-refractivity contribution in [3.8, 4) is 11.5 Å². The van der Waals surface area contributed by atoms with Crippen LogP contribution in [-0.4, -0.2) is 16.2 Å². The zero-order valence-corrected chi connectivity index (χ0v) is 16.6. The van der Waals surface area contributed by atoms with Crippen molar-refractivity contribution < 1.29 is 13.6 Å². The highest BCUT2D eigenvalue weighted by atomic mass is 32.2. The van der Waals surface area contributed by atoms with E-state index in [0.29, 0.717) is 0 Å². The van der Waals surface area contributed by atoms with Crippen molar-refractivity contribution in [2.75, 3.05) is 7.11 Å². The summed E-state index contributed by atoms with van der Waals surface area (Å²) in [7, 11) is 0.392. The van der Waals surface area contributed by atoms with Crippen LogP contribution >= 0.6 is 11.8 Å². The van der Waals surface area contributed by atoms with E-state index < -0.39 is 9.04 Å². The number of hydrogen-bond donors (Lipinski definition) is 0. The number of benzene rings is 3. The number of halogens is 1. The maximum Gasteiger partial charge on any atom is 0.229 e. The highest BCUT2D eigenvalue weighted by molar-refractivity contribution is 7.98. The summed E-state index contributed by atoms with van der Waals surface area (Å²) < 4.78 is 24.9. The van der Waals surface area contributed by atoms with Crippen molar-refractivity contribution in [1.82, 2.24) is 0 Å². The number of hydrogen-bond acceptors (Lipinski definition) is 3. The SMILES string of the molecule is COc1ccc(CSc2cc(O[SiH](C)C)c3cc(F)ccc3c2)cc1. The minimum Gasteiger partial charge on any atom is -0.547 e. The first-order chi connectivity index (χ1) is 12.0. The summed E-state index contributed by atoms with van der Waals surface area (Å²) in [6.07, 6.45) is 0. The van der Waals surface area contributed by atoms with Crippen molar-refractivity contribution >= 4 is 31.6 Å². The number of ether oxygens (including phenoxy) is 1. The van der Waals surface area contributed by atoms with E-state index in [9.17, 15) is 4.39 Å². The number of fused-ring (bicyclic) bond motifs is 1. The van der Waals surface area contributed by atoms with E-state index in [2.05, 4.69) is 31.3 Å². The summed E-state index contributed by atoms with van der Waals surface area (Å²) in [6, 6.07) is 17.1. The Morgan fingerprint density at radius 1 is 1.00 bits per heavy atom. The average Bonchev–Trinajstić information content (AvgIpc) is 2.60. The Labute approximate surface area is 153 Å². The lowest BCUT2D eigenvalue weighted by atomic mass is 10.1. The Kier molecular flexibility index (Phi) is 5.66. The maximum atomic E-state index is 13.6. The van der Waals surface area contributed by atoms with E-state index >= 15 is 0 Å². The molecule has 5 heteroatoms. The monoisotopic (exact) mass is 372 g/mol. The third-order valence-electron chi connectivity index (χ3n) is 3.78. The molecule has 3 aromatic rings. The van der Waals surface area contributed by atoms with Gasteiger partial charge in [0.05, 0.1) is 7.11 Å². The highest BCUT2D eigenvalue weighted by Gasteiger charge is 2.09. The molecule has 0 radical (unpaired) electrons. The van der Waals surface area contributed by atoms with Crippen LogP contribution in [0.25, 0.3) is 10.8 Å². The van der Waals surface area contributed by atoms with E-state index in [-0.39, 0.29) is 5.82 Å². The second-order valence-corrected chi connectivity index (χ2v) is 9.47. The third kappa shape index (κ3) is 4.55. The Bertz CT molecular complexity index is 865. The largest absolute Gasteiger partial charge is 0.547 e. The van der Waals surface area contributed by atoms with Gasteiger partial charge in [-0.3, -0.25) is 0 Å². The van der Waals surface area contributed by atoms with E-state index in [1.165, 1.54) is 11.6 Å². The molecule has 0 saturated carbocycles. The molecule has 0 amide bonds. The summed E-state index contributed by atoms with van der Waals surface area (Å²) >= 11 is 1.75. The van der Waals surface area contributed by atoms with Crippen LogP contribution in [0, 0.1) is 5.82 Å². The van der Waals surface area contributed by atoms with Crippen molar-refractivity contribution in [2.45, 2.75) is 23.7 Å². The lowest BCUT2D eigenvalue weighted by Gasteiger charge is -2.14. The molecule has 0 N–H and O–H groups in total. The summed E-state index contributed by atoms with van der Waals surface area (Å²) in [4.78, 5) is 1.12. The molecular weight excluding hydrogens is 351 g/mol. The molecule has 0 aliphatic rings. The molecule has 3 aromatic carbocycles. The fourth-order valence-electron chi connectivity index (χ4n) is 2.59. The van der Waals surface area contributed by atoms with Gasteiger partial charge in [-0.25, -0.2) is 4.39 Å². The first kappa shape index (κ1) is 17.8. The molecule has 0 bridgehead atoms. The zero-order valence-electron chi connectivity index (χ0n) is 14.6. The molecule has 0 saturated heterocycles. The molecule has 0 spiro atoms. The lowest BCUT2D eigenvalue weighted by molar-refractivity contribution is 0.414. The third-order valence-corrected chi connectivity index (χ3v) is 5.55. The van der Waals surface area contributed by atoms with Crippen LogP contribution in [0.5, 0.6) is 11.5 Å². The first-order valence-corrected chi connectivity index (χ1v) is 12.0. The second kappa shape index (κ2) is 7.93. The van der Waals surface area contributed by atoms with Gasteiger partial charge in [-0.1, -0.05) is 18.2 Å². The van der Waals surface area contributed by atoms with Gasteiger partial charge in [-0.15, -0.1) is 11.8 Å². The zero-order chi connectivity index (χ0) is 17.8. The lowest BCUT2D eigenvalue weighted by Crippen LogP contribution is -2.11. The predicted octanol–water partition coefficient (Wildman–Crippen LogP) is 5.64. The molecule has 0 fully saturated rings. The second-order valence-electron chi connectivity index (χ2n) is 6.09. The highest BCUT2D eigenvalue weighted by Crippen LogP contribution is 2.34. The van der Waals surface area contributed by atoms with Gasteiger partial charge in [0.15, 0.2) is 0 Å². The van der Waals surface area contributed by atoms with Crippen molar-refractivity contribution in [3.63, 3.8) is 0 Å². The Morgan fingerprint density at radius 2 is 1.76 bits per heavy atom. The number of methoxy groups -OCH3 is 1. The molecular formula is C20H21FO2SSi. The summed E-state index contributed by atoms with van der Waals surface area (Å²) in [6.45, 7) is 4.23. The van der Waals surface area contributed by atoms with Crippen molar-refractivity contribution in [1.29, 1.82) is 0 Å². The Morgan fingerprint density at radius 3 is 2.44 bits per heavy atom. The summed E-state index contributed by atoms with van der Waals surface area (Å²) in [5, 5.41) is 1.85. The standard InChI is InChI=1S/C20H21FO2SSi/c1-22-17-8-4-14(5-9-17)13-24-18-10-15-6-7-16(21)11-19(15)20(12-18)23-25(2)3/h4-12,25H,13H2,1-3H3. The van der Waals surface area contributed by atoms with Crippen LogP contribution in [0.4, 0.5) is 4.39 Å². The summed E-state index contributed by atoms with van der Waals surface area (Å²) in [5.74, 6) is 2.27. The number of thioether (sulfide) groups is 1. The topological polar surface area (TPSA) is 18.5 Å². The smallest absolute Gasteiger partial charge is 0.229 e. The van der Waals surface area contributed by atoms with Crippen LogP contribution in [0.15, 0.2) is 59.5 Å². The van der Waals surface area contributed by atoms with Gasteiger partial charge in [0.25, 0.3) is 0 Å². The average molecular weight is 373 g/mol. The van der Waals surface area contributed by atoms with Crippen molar-refractivity contribution in [3.05, 3.63) is 66.0 Å². The van der Waals surface area contributed by atoms with Crippen LogP contribution in [-0.2, 0) is 5.75 Å². The Balaban J connectivity index is 1.86. The van der Waals surface area contributed by atoms with Crippen LogP contribution in [0.1, 0.15) is 5.56 Å². The van der Waals surface area contributed by atoms with Gasteiger partial charge in [0.1, 0.15) is 17.3 Å². The maximum absolute atomic E-state index is 13.6. The molecule has 130 valence electrons. The van der Waals surface area contributed by atoms with Crippen LogP contribution < -0.4 is 9.16 Å². The molecule has 0 atom stereocenters. The van der Waals surface area contributed by atoms with E-state index in [1.54, 1.807) is 24.9 Å². The van der Waals surface area contributed by atoms with E-state index in [1.807, 2.05) is 24.3 Å². The summed E-state index contributed by atoms with van der Waals surface area (Å²) in [5.41, 5.74) is 1.23. The van der Waals surface area contributed by atoms with Gasteiger partial charge >= 0.3 is 0 Å². The minimum absolute atomic E-state index is 0.235. The molecule has 25 heavy (non-hydrogen) atoms. The fourth-order valence-corrected chi connectivity index (χ4v) is 4.22. The fraction of sp³-hybridized carbons (Fsp3) is 0.200. The molecule has 3 rings (SSSR count). The van der Waals surface area contributed by atoms with Crippen molar-refractivity contribution in [2.24, 2.45) is 0 Å². The molecule has 0 aliphatic heterocycles. The van der Waals surface area contributed by atoms with Gasteiger partial charge in [0, 0.05) is 16.0 Å². The van der Waals surface area contributed by atoms with Gasteiger partial charge < -0.3 is 9.16 Å². The Hall–Kier alpha value is -1.98. The quantitative estimate of drug-likeness (QED) is 0.412. The normalized spacial score (nSPS) is 11.1. The van der Waals surface area contributed by atoms with Gasteiger partial charge in [-0.2, -0.15) is 0 Å². The molecule has 0 aromatic heterocycles. The van der Waals surface area contributed by atoms with E-state index in [4.69, 9.17) is 9.16 Å². The molecule has 0 unspecified atom stereocenters. The first-order valence-electron chi connectivity index (χ1n) is 8.21. The van der Waals surface area contributed by atoms with E-state index in [0.717, 1.165) is 32.9 Å². The molecule has 0 heterocycles.